The van der Waals surface area contributed by atoms with E-state index in [4.69, 9.17) is 5.73 Å². The van der Waals surface area contributed by atoms with E-state index < -0.39 is 6.04 Å². The van der Waals surface area contributed by atoms with Gasteiger partial charge in [0, 0.05) is 10.6 Å². The van der Waals surface area contributed by atoms with E-state index >= 15 is 0 Å². The van der Waals surface area contributed by atoms with E-state index in [0.717, 1.165) is 22.7 Å². The minimum atomic E-state index is -0.538. The summed E-state index contributed by atoms with van der Waals surface area (Å²) in [6.45, 7) is 5.68. The Labute approximate surface area is 166 Å². The number of thiazole rings is 1. The Hall–Kier alpha value is -2.39. The molecule has 27 heavy (non-hydrogen) atoms. The predicted octanol–water partition coefficient (Wildman–Crippen LogP) is 3.47. The lowest BCUT2D eigenvalue weighted by Gasteiger charge is -2.15. The SMILES string of the molecule is Cc1nc(NC(=O)C(C)n2c(N)nnc2SCCc2ccccc2)sc1C. The molecule has 2 heterocycles. The monoisotopic (exact) mass is 402 g/mol. The van der Waals surface area contributed by atoms with Crippen molar-refractivity contribution in [2.24, 2.45) is 0 Å². The van der Waals surface area contributed by atoms with Crippen molar-refractivity contribution in [1.29, 1.82) is 0 Å². The molecule has 0 aliphatic heterocycles. The third-order valence-electron chi connectivity index (χ3n) is 4.18. The summed E-state index contributed by atoms with van der Waals surface area (Å²) in [5, 5.41) is 12.2. The van der Waals surface area contributed by atoms with Crippen molar-refractivity contribution in [2.45, 2.75) is 38.4 Å². The second-order valence-corrected chi connectivity index (χ2v) is 8.39. The van der Waals surface area contributed by atoms with Crippen LogP contribution in [0, 0.1) is 13.8 Å². The summed E-state index contributed by atoms with van der Waals surface area (Å²) in [6, 6.07) is 9.69. The Bertz CT molecular complexity index is 902. The van der Waals surface area contributed by atoms with Gasteiger partial charge in [0.05, 0.1) is 5.69 Å². The van der Waals surface area contributed by atoms with Crippen LogP contribution in [-0.4, -0.2) is 31.4 Å². The molecular formula is C18H22N6OS2. The van der Waals surface area contributed by atoms with Crippen molar-refractivity contribution in [2.75, 3.05) is 16.8 Å². The number of carbonyl (C=O) groups is 1. The molecule has 1 unspecified atom stereocenters. The van der Waals surface area contributed by atoms with Gasteiger partial charge in [0.25, 0.3) is 0 Å². The minimum absolute atomic E-state index is 0.194. The summed E-state index contributed by atoms with van der Waals surface area (Å²) < 4.78 is 1.66. The molecule has 3 aromatic rings. The van der Waals surface area contributed by atoms with E-state index in [9.17, 15) is 4.79 Å². The normalized spacial score (nSPS) is 12.1. The molecule has 2 aromatic heterocycles. The van der Waals surface area contributed by atoms with Crippen LogP contribution in [0.5, 0.6) is 0 Å². The van der Waals surface area contributed by atoms with Crippen LogP contribution in [0.1, 0.15) is 29.1 Å². The molecule has 0 spiro atoms. The first-order chi connectivity index (χ1) is 13.0. The van der Waals surface area contributed by atoms with Crippen LogP contribution in [0.2, 0.25) is 0 Å². The number of thioether (sulfide) groups is 1. The molecule has 7 nitrogen and oxygen atoms in total. The highest BCUT2D eigenvalue weighted by Gasteiger charge is 2.23. The molecule has 1 aromatic carbocycles. The van der Waals surface area contributed by atoms with Gasteiger partial charge in [-0.1, -0.05) is 42.1 Å². The van der Waals surface area contributed by atoms with Crippen LogP contribution in [-0.2, 0) is 11.2 Å². The van der Waals surface area contributed by atoms with Gasteiger partial charge in [0.15, 0.2) is 10.3 Å². The number of carbonyl (C=O) groups excluding carboxylic acids is 1. The number of nitrogens with two attached hydrogens (primary N) is 1. The third kappa shape index (κ3) is 4.67. The second-order valence-electron chi connectivity index (χ2n) is 6.12. The molecule has 9 heteroatoms. The number of hydrogen-bond acceptors (Lipinski definition) is 7. The van der Waals surface area contributed by atoms with Gasteiger partial charge in [-0.25, -0.2) is 4.98 Å². The first-order valence-electron chi connectivity index (χ1n) is 8.57. The molecule has 0 saturated heterocycles. The van der Waals surface area contributed by atoms with E-state index in [1.165, 1.54) is 28.7 Å². The number of hydrogen-bond donors (Lipinski definition) is 2. The van der Waals surface area contributed by atoms with E-state index in [2.05, 4.69) is 32.6 Å². The van der Waals surface area contributed by atoms with Crippen LogP contribution < -0.4 is 11.1 Å². The fourth-order valence-electron chi connectivity index (χ4n) is 2.51. The summed E-state index contributed by atoms with van der Waals surface area (Å²) in [6.07, 6.45) is 0.899. The van der Waals surface area contributed by atoms with Crippen LogP contribution in [0.3, 0.4) is 0 Å². The lowest BCUT2D eigenvalue weighted by Crippen LogP contribution is -2.25. The van der Waals surface area contributed by atoms with Crippen molar-refractivity contribution in [3.05, 3.63) is 46.5 Å². The van der Waals surface area contributed by atoms with Crippen LogP contribution in [0.4, 0.5) is 11.1 Å². The van der Waals surface area contributed by atoms with Crippen molar-refractivity contribution in [3.63, 3.8) is 0 Å². The Kier molecular flexibility index (Phi) is 6.12. The highest BCUT2D eigenvalue weighted by molar-refractivity contribution is 7.99. The molecule has 142 valence electrons. The van der Waals surface area contributed by atoms with E-state index in [1.807, 2.05) is 32.0 Å². The zero-order valence-corrected chi connectivity index (χ0v) is 17.1. The average Bonchev–Trinajstić information content (AvgIpc) is 3.17. The smallest absolute Gasteiger partial charge is 0.249 e. The zero-order valence-electron chi connectivity index (χ0n) is 15.5. The Morgan fingerprint density at radius 2 is 2.04 bits per heavy atom. The Morgan fingerprint density at radius 3 is 2.70 bits per heavy atom. The van der Waals surface area contributed by atoms with Crippen LogP contribution >= 0.6 is 23.1 Å². The second kappa shape index (κ2) is 8.53. The van der Waals surface area contributed by atoms with Crippen molar-refractivity contribution >= 4 is 40.1 Å². The lowest BCUT2D eigenvalue weighted by atomic mass is 10.2. The van der Waals surface area contributed by atoms with Crippen LogP contribution in [0.15, 0.2) is 35.5 Å². The summed E-state index contributed by atoms with van der Waals surface area (Å²) >= 11 is 2.99. The molecule has 0 radical (unpaired) electrons. The molecule has 0 aliphatic rings. The van der Waals surface area contributed by atoms with Gasteiger partial charge in [0.1, 0.15) is 6.04 Å². The van der Waals surface area contributed by atoms with Gasteiger partial charge >= 0.3 is 0 Å². The van der Waals surface area contributed by atoms with E-state index in [0.29, 0.717) is 10.3 Å². The average molecular weight is 403 g/mol. The number of amides is 1. The van der Waals surface area contributed by atoms with Crippen LogP contribution in [0.25, 0.3) is 0 Å². The molecular weight excluding hydrogens is 380 g/mol. The first-order valence-corrected chi connectivity index (χ1v) is 10.4. The highest BCUT2D eigenvalue weighted by atomic mass is 32.2. The van der Waals surface area contributed by atoms with Gasteiger partial charge in [0.2, 0.25) is 11.9 Å². The zero-order chi connectivity index (χ0) is 19.4. The van der Waals surface area contributed by atoms with E-state index in [1.54, 1.807) is 11.5 Å². The number of nitrogen functional groups attached to an aromatic ring is 1. The summed E-state index contributed by atoms with van der Waals surface area (Å²) in [4.78, 5) is 18.1. The molecule has 1 atom stereocenters. The summed E-state index contributed by atoms with van der Waals surface area (Å²) in [5.74, 6) is 0.855. The summed E-state index contributed by atoms with van der Waals surface area (Å²) in [5.41, 5.74) is 8.14. The Morgan fingerprint density at radius 1 is 1.30 bits per heavy atom. The standard InChI is InChI=1S/C18H22N6OS2/c1-11-13(3)27-17(20-11)21-15(25)12(2)24-16(19)22-23-18(24)26-10-9-14-7-5-4-6-8-14/h4-8,12H,9-10H2,1-3H3,(H2,19,22)(H,20,21,25). The molecule has 1 amide bonds. The maximum atomic E-state index is 12.6. The van der Waals surface area contributed by atoms with Gasteiger partial charge < -0.3 is 11.1 Å². The lowest BCUT2D eigenvalue weighted by molar-refractivity contribution is -0.118. The molecule has 0 bridgehead atoms. The first kappa shape index (κ1) is 19.4. The van der Waals surface area contributed by atoms with Gasteiger partial charge in [-0.3, -0.25) is 9.36 Å². The van der Waals surface area contributed by atoms with Gasteiger partial charge in [-0.05, 0) is 32.8 Å². The molecule has 3 N–H and O–H groups in total. The number of benzene rings is 1. The number of aryl methyl sites for hydroxylation is 3. The molecule has 0 fully saturated rings. The maximum Gasteiger partial charge on any atom is 0.249 e. The van der Waals surface area contributed by atoms with Crippen molar-refractivity contribution in [1.82, 2.24) is 19.7 Å². The fourth-order valence-corrected chi connectivity index (χ4v) is 4.34. The van der Waals surface area contributed by atoms with Crippen molar-refractivity contribution in [3.8, 4) is 0 Å². The number of rotatable bonds is 7. The quantitative estimate of drug-likeness (QED) is 0.587. The minimum Gasteiger partial charge on any atom is -0.368 e. The van der Waals surface area contributed by atoms with Gasteiger partial charge in [-0.15, -0.1) is 21.5 Å². The van der Waals surface area contributed by atoms with E-state index in [-0.39, 0.29) is 11.9 Å². The topological polar surface area (TPSA) is 98.7 Å². The maximum absolute atomic E-state index is 12.6. The number of nitrogens with one attached hydrogen (secondary N) is 1. The third-order valence-corrected chi connectivity index (χ3v) is 6.11. The molecule has 0 saturated carbocycles. The molecule has 0 aliphatic carbocycles. The largest absolute Gasteiger partial charge is 0.368 e. The van der Waals surface area contributed by atoms with Gasteiger partial charge in [-0.2, -0.15) is 0 Å². The fraction of sp³-hybridized carbons (Fsp3) is 0.333. The predicted molar refractivity (Wildman–Crippen MR) is 110 cm³/mol. The summed E-state index contributed by atoms with van der Waals surface area (Å²) in [7, 11) is 0. The number of nitrogens with zero attached hydrogens (tertiary/aromatic N) is 4. The number of aromatic nitrogens is 4. The highest BCUT2D eigenvalue weighted by Crippen LogP contribution is 2.26. The molecule has 3 rings (SSSR count). The Balaban J connectivity index is 1.66. The number of anilines is 2. The van der Waals surface area contributed by atoms with Crippen molar-refractivity contribution < 1.29 is 4.79 Å².